The summed E-state index contributed by atoms with van der Waals surface area (Å²) >= 11 is 3.63. The maximum Gasteiger partial charge on any atom is 0.229 e. The monoisotopic (exact) mass is 442 g/mol. The van der Waals surface area contributed by atoms with Gasteiger partial charge in [0, 0.05) is 4.47 Å². The Morgan fingerprint density at radius 1 is 1.21 bits per heavy atom. The minimum absolute atomic E-state index is 0.0974. The number of rotatable bonds is 6. The number of carbonyl (C=O) groups is 1. The van der Waals surface area contributed by atoms with Gasteiger partial charge in [-0.1, -0.05) is 46.3 Å². The van der Waals surface area contributed by atoms with Crippen molar-refractivity contribution in [3.63, 3.8) is 0 Å². The number of hydrogen-bond acceptors (Lipinski definition) is 5. The van der Waals surface area contributed by atoms with E-state index in [9.17, 15) is 4.79 Å². The molecule has 0 radical (unpaired) electrons. The van der Waals surface area contributed by atoms with Crippen LogP contribution in [0.25, 0.3) is 0 Å². The van der Waals surface area contributed by atoms with Crippen molar-refractivity contribution in [2.45, 2.75) is 26.0 Å². The molecule has 0 saturated carbocycles. The number of fused-ring (bicyclic) bond motifs is 1. The Bertz CT molecular complexity index is 990. The first-order valence-electron chi connectivity index (χ1n) is 8.98. The summed E-state index contributed by atoms with van der Waals surface area (Å²) in [5, 5.41) is 6.99. The van der Waals surface area contributed by atoms with Gasteiger partial charge in [0.05, 0.1) is 19.1 Å². The van der Waals surface area contributed by atoms with E-state index in [2.05, 4.69) is 31.3 Å². The van der Waals surface area contributed by atoms with Crippen molar-refractivity contribution in [1.82, 2.24) is 14.8 Å². The van der Waals surface area contributed by atoms with Gasteiger partial charge in [-0.15, -0.1) is 0 Å². The SMILES string of the molecule is CCOc1cc([C@@H]2CC(=O)Nc3ncnn32)c(Br)cc1OCc1ccccc1. The Labute approximate surface area is 170 Å². The Morgan fingerprint density at radius 2 is 2.00 bits per heavy atom. The van der Waals surface area contributed by atoms with Crippen LogP contribution in [0.15, 0.2) is 53.3 Å². The third kappa shape index (κ3) is 3.73. The molecule has 0 fully saturated rings. The van der Waals surface area contributed by atoms with Crippen molar-refractivity contribution >= 4 is 27.8 Å². The Kier molecular flexibility index (Phi) is 5.29. The molecule has 1 aliphatic rings. The fraction of sp³-hybridized carbons (Fsp3) is 0.250. The highest BCUT2D eigenvalue weighted by atomic mass is 79.9. The topological polar surface area (TPSA) is 78.3 Å². The molecule has 1 aliphatic heterocycles. The fourth-order valence-electron chi connectivity index (χ4n) is 3.17. The van der Waals surface area contributed by atoms with Gasteiger partial charge in [0.25, 0.3) is 0 Å². The van der Waals surface area contributed by atoms with Crippen LogP contribution >= 0.6 is 15.9 Å². The minimum Gasteiger partial charge on any atom is -0.490 e. The number of aromatic nitrogens is 3. The quantitative estimate of drug-likeness (QED) is 0.624. The molecule has 0 bridgehead atoms. The highest BCUT2D eigenvalue weighted by molar-refractivity contribution is 9.10. The van der Waals surface area contributed by atoms with Crippen LogP contribution in [0.3, 0.4) is 0 Å². The lowest BCUT2D eigenvalue weighted by atomic mass is 10.0. The Hall–Kier alpha value is -2.87. The van der Waals surface area contributed by atoms with Gasteiger partial charge < -0.3 is 9.47 Å². The van der Waals surface area contributed by atoms with Gasteiger partial charge in [-0.25, -0.2) is 4.68 Å². The zero-order valence-corrected chi connectivity index (χ0v) is 16.8. The van der Waals surface area contributed by atoms with Gasteiger partial charge in [0.1, 0.15) is 12.9 Å². The van der Waals surface area contributed by atoms with Crippen molar-refractivity contribution in [3.8, 4) is 11.5 Å². The van der Waals surface area contributed by atoms with Crippen LogP contribution in [-0.2, 0) is 11.4 Å². The van der Waals surface area contributed by atoms with Crippen LogP contribution in [0.1, 0.15) is 30.5 Å². The second-order valence-corrected chi connectivity index (χ2v) is 7.18. The number of benzene rings is 2. The maximum absolute atomic E-state index is 12.1. The summed E-state index contributed by atoms with van der Waals surface area (Å²) in [5.74, 6) is 1.61. The van der Waals surface area contributed by atoms with Crippen LogP contribution in [0.5, 0.6) is 11.5 Å². The number of nitrogens with one attached hydrogen (secondary N) is 1. The molecule has 8 heteroatoms. The van der Waals surface area contributed by atoms with E-state index in [0.717, 1.165) is 15.6 Å². The highest BCUT2D eigenvalue weighted by Crippen LogP contribution is 2.40. The van der Waals surface area contributed by atoms with Crippen molar-refractivity contribution in [3.05, 3.63) is 64.4 Å². The molecule has 1 aromatic heterocycles. The predicted octanol–water partition coefficient (Wildman–Crippen LogP) is 3.95. The normalized spacial score (nSPS) is 15.6. The summed E-state index contributed by atoms with van der Waals surface area (Å²) < 4.78 is 14.4. The maximum atomic E-state index is 12.1. The average Bonchev–Trinajstić information content (AvgIpc) is 3.16. The molecule has 3 aromatic rings. The van der Waals surface area contributed by atoms with E-state index in [-0.39, 0.29) is 18.4 Å². The number of halogens is 1. The molecule has 1 N–H and O–H groups in total. The molecule has 1 amide bonds. The Balaban J connectivity index is 1.66. The molecule has 144 valence electrons. The lowest BCUT2D eigenvalue weighted by molar-refractivity contribution is -0.117. The summed E-state index contributed by atoms with van der Waals surface area (Å²) in [6.45, 7) is 2.86. The molecule has 2 heterocycles. The molecule has 0 aliphatic carbocycles. The third-order valence-corrected chi connectivity index (χ3v) is 5.14. The van der Waals surface area contributed by atoms with Gasteiger partial charge in [0.15, 0.2) is 11.5 Å². The van der Waals surface area contributed by atoms with E-state index in [1.807, 2.05) is 49.4 Å². The molecule has 0 saturated heterocycles. The number of ether oxygens (including phenoxy) is 2. The Morgan fingerprint density at radius 3 is 2.79 bits per heavy atom. The molecule has 1 atom stereocenters. The number of amides is 1. The lowest BCUT2D eigenvalue weighted by Gasteiger charge is -2.25. The third-order valence-electron chi connectivity index (χ3n) is 4.46. The summed E-state index contributed by atoms with van der Waals surface area (Å²) in [5.41, 5.74) is 1.96. The molecule has 7 nitrogen and oxygen atoms in total. The van der Waals surface area contributed by atoms with E-state index in [0.29, 0.717) is 30.7 Å². The van der Waals surface area contributed by atoms with Crippen LogP contribution < -0.4 is 14.8 Å². The van der Waals surface area contributed by atoms with Crippen LogP contribution in [-0.4, -0.2) is 27.3 Å². The highest BCUT2D eigenvalue weighted by Gasteiger charge is 2.30. The predicted molar refractivity (Wildman–Crippen MR) is 107 cm³/mol. The van der Waals surface area contributed by atoms with E-state index in [1.54, 1.807) is 4.68 Å². The lowest BCUT2D eigenvalue weighted by Crippen LogP contribution is -2.29. The van der Waals surface area contributed by atoms with E-state index >= 15 is 0 Å². The van der Waals surface area contributed by atoms with Gasteiger partial charge in [-0.3, -0.25) is 10.1 Å². The summed E-state index contributed by atoms with van der Waals surface area (Å²) in [7, 11) is 0. The van der Waals surface area contributed by atoms with Crippen molar-refractivity contribution < 1.29 is 14.3 Å². The largest absolute Gasteiger partial charge is 0.490 e. The minimum atomic E-state index is -0.275. The number of hydrogen-bond donors (Lipinski definition) is 1. The van der Waals surface area contributed by atoms with Gasteiger partial charge in [-0.2, -0.15) is 10.1 Å². The summed E-state index contributed by atoms with van der Waals surface area (Å²) in [6, 6.07) is 13.5. The van der Waals surface area contributed by atoms with Crippen molar-refractivity contribution in [2.24, 2.45) is 0 Å². The molecular weight excluding hydrogens is 424 g/mol. The van der Waals surface area contributed by atoms with E-state index in [1.165, 1.54) is 6.33 Å². The van der Waals surface area contributed by atoms with Crippen LogP contribution in [0, 0.1) is 0 Å². The first-order valence-corrected chi connectivity index (χ1v) is 9.77. The van der Waals surface area contributed by atoms with Gasteiger partial charge in [-0.05, 0) is 30.2 Å². The van der Waals surface area contributed by atoms with Gasteiger partial charge >= 0.3 is 0 Å². The number of carbonyl (C=O) groups excluding carboxylic acids is 1. The molecule has 0 unspecified atom stereocenters. The zero-order chi connectivity index (χ0) is 19.5. The smallest absolute Gasteiger partial charge is 0.229 e. The molecular formula is C20H19BrN4O3. The first kappa shape index (κ1) is 18.5. The number of anilines is 1. The van der Waals surface area contributed by atoms with Crippen LogP contribution in [0.2, 0.25) is 0 Å². The first-order chi connectivity index (χ1) is 13.7. The number of nitrogens with zero attached hydrogens (tertiary/aromatic N) is 3. The second-order valence-electron chi connectivity index (χ2n) is 6.32. The molecule has 2 aromatic carbocycles. The van der Waals surface area contributed by atoms with Crippen LogP contribution in [0.4, 0.5) is 5.95 Å². The summed E-state index contributed by atoms with van der Waals surface area (Å²) in [4.78, 5) is 16.2. The van der Waals surface area contributed by atoms with Crippen molar-refractivity contribution in [1.29, 1.82) is 0 Å². The average molecular weight is 443 g/mol. The molecule has 0 spiro atoms. The van der Waals surface area contributed by atoms with Crippen molar-refractivity contribution in [2.75, 3.05) is 11.9 Å². The fourth-order valence-corrected chi connectivity index (χ4v) is 3.76. The molecule has 4 rings (SSSR count). The standard InChI is InChI=1S/C20H19BrN4O3/c1-2-27-17-8-14(16-10-19(26)24-20-22-12-23-25(16)20)15(21)9-18(17)28-11-13-6-4-3-5-7-13/h3-9,12,16H,2,10-11H2,1H3,(H,22,23,24,26)/t16-/m0/s1. The molecule has 28 heavy (non-hydrogen) atoms. The van der Waals surface area contributed by atoms with E-state index in [4.69, 9.17) is 9.47 Å². The second kappa shape index (κ2) is 8.02. The van der Waals surface area contributed by atoms with Gasteiger partial charge in [0.2, 0.25) is 11.9 Å². The van der Waals surface area contributed by atoms with E-state index < -0.39 is 0 Å². The zero-order valence-electron chi connectivity index (χ0n) is 15.3. The summed E-state index contributed by atoms with van der Waals surface area (Å²) in [6.07, 6.45) is 1.70.